The molecule has 1 aromatic carbocycles. The summed E-state index contributed by atoms with van der Waals surface area (Å²) < 4.78 is 1.82. The average Bonchev–Trinajstić information content (AvgIpc) is 2.89. The minimum Gasteiger partial charge on any atom is -0.325 e. The van der Waals surface area contributed by atoms with Gasteiger partial charge < -0.3 is 5.73 Å². The highest BCUT2D eigenvalue weighted by Gasteiger charge is 2.09. The van der Waals surface area contributed by atoms with Gasteiger partial charge in [-0.05, 0) is 6.92 Å². The van der Waals surface area contributed by atoms with E-state index < -0.39 is 0 Å². The van der Waals surface area contributed by atoms with Crippen LogP contribution in [0.5, 0.6) is 0 Å². The van der Waals surface area contributed by atoms with Crippen LogP contribution in [0.25, 0.3) is 16.3 Å². The number of benzene rings is 1. The first-order chi connectivity index (χ1) is 8.28. The third-order valence-corrected chi connectivity index (χ3v) is 3.53. The Kier molecular flexibility index (Phi) is 2.42. The molecule has 0 aliphatic rings. The maximum absolute atomic E-state index is 5.65. The first kappa shape index (κ1) is 10.4. The van der Waals surface area contributed by atoms with Crippen molar-refractivity contribution >= 4 is 16.3 Å². The molecule has 0 saturated carbocycles. The smallest absolute Gasteiger partial charge is 0.212 e. The second-order valence-electron chi connectivity index (χ2n) is 3.93. The van der Waals surface area contributed by atoms with Gasteiger partial charge in [-0.25, -0.2) is 4.52 Å². The van der Waals surface area contributed by atoms with E-state index in [2.05, 4.69) is 29.1 Å². The van der Waals surface area contributed by atoms with Crippen LogP contribution in [0.15, 0.2) is 29.6 Å². The SMILES string of the molecule is Cc1ccc(-c2nc3scc(CN)n3n2)cc1. The van der Waals surface area contributed by atoms with Crippen LogP contribution >= 0.6 is 11.3 Å². The zero-order chi connectivity index (χ0) is 11.8. The van der Waals surface area contributed by atoms with E-state index in [4.69, 9.17) is 5.73 Å². The number of hydrogen-bond acceptors (Lipinski definition) is 4. The zero-order valence-electron chi connectivity index (χ0n) is 9.42. The van der Waals surface area contributed by atoms with Crippen molar-refractivity contribution in [1.29, 1.82) is 0 Å². The van der Waals surface area contributed by atoms with Crippen LogP contribution in [-0.2, 0) is 6.54 Å². The molecule has 0 bridgehead atoms. The minimum absolute atomic E-state index is 0.483. The molecule has 86 valence electrons. The number of rotatable bonds is 2. The van der Waals surface area contributed by atoms with Gasteiger partial charge in [-0.15, -0.1) is 16.4 Å². The average molecular weight is 244 g/mol. The first-order valence-electron chi connectivity index (χ1n) is 5.38. The summed E-state index contributed by atoms with van der Waals surface area (Å²) in [6, 6.07) is 8.20. The molecular formula is C12H12N4S. The fourth-order valence-electron chi connectivity index (χ4n) is 1.69. The molecule has 2 N–H and O–H groups in total. The van der Waals surface area contributed by atoms with Gasteiger partial charge in [0.2, 0.25) is 4.96 Å². The maximum Gasteiger partial charge on any atom is 0.212 e. The van der Waals surface area contributed by atoms with Gasteiger partial charge in [-0.1, -0.05) is 29.8 Å². The highest BCUT2D eigenvalue weighted by molar-refractivity contribution is 7.15. The second kappa shape index (κ2) is 3.94. The Hall–Kier alpha value is -1.72. The highest BCUT2D eigenvalue weighted by atomic mass is 32.1. The molecule has 2 aromatic heterocycles. The van der Waals surface area contributed by atoms with Crippen molar-refractivity contribution in [2.75, 3.05) is 0 Å². The van der Waals surface area contributed by atoms with Gasteiger partial charge in [0.25, 0.3) is 0 Å². The number of aryl methyl sites for hydroxylation is 1. The lowest BCUT2D eigenvalue weighted by Crippen LogP contribution is -2.00. The molecule has 0 aliphatic heterocycles. The van der Waals surface area contributed by atoms with E-state index in [-0.39, 0.29) is 0 Å². The van der Waals surface area contributed by atoms with Gasteiger partial charge in [0.1, 0.15) is 0 Å². The molecule has 0 fully saturated rings. The molecule has 3 rings (SSSR count). The van der Waals surface area contributed by atoms with Crippen LogP contribution in [0.3, 0.4) is 0 Å². The van der Waals surface area contributed by atoms with Gasteiger partial charge in [0, 0.05) is 17.5 Å². The normalized spacial score (nSPS) is 11.2. The molecule has 0 unspecified atom stereocenters. The van der Waals surface area contributed by atoms with Gasteiger partial charge in [0.05, 0.1) is 5.69 Å². The number of aromatic nitrogens is 3. The molecule has 4 nitrogen and oxygen atoms in total. The van der Waals surface area contributed by atoms with Crippen LogP contribution in [-0.4, -0.2) is 14.6 Å². The number of thiazole rings is 1. The lowest BCUT2D eigenvalue weighted by atomic mass is 10.1. The third kappa shape index (κ3) is 1.73. The van der Waals surface area contributed by atoms with Crippen LogP contribution < -0.4 is 5.73 Å². The largest absolute Gasteiger partial charge is 0.325 e. The van der Waals surface area contributed by atoms with Gasteiger partial charge in [0.15, 0.2) is 5.82 Å². The van der Waals surface area contributed by atoms with Crippen molar-refractivity contribution in [2.24, 2.45) is 5.73 Å². The topological polar surface area (TPSA) is 56.2 Å². The summed E-state index contributed by atoms with van der Waals surface area (Å²) in [5.74, 6) is 0.756. The second-order valence-corrected chi connectivity index (χ2v) is 4.76. The Bertz CT molecular complexity index is 651. The molecule has 17 heavy (non-hydrogen) atoms. The summed E-state index contributed by atoms with van der Waals surface area (Å²) in [4.78, 5) is 5.39. The van der Waals surface area contributed by atoms with E-state index in [0.29, 0.717) is 6.54 Å². The standard InChI is InChI=1S/C12H12N4S/c1-8-2-4-9(5-3-8)11-14-12-16(15-11)10(6-13)7-17-12/h2-5,7H,6,13H2,1H3. The maximum atomic E-state index is 5.65. The fraction of sp³-hybridized carbons (Fsp3) is 0.167. The molecule has 2 heterocycles. The minimum atomic E-state index is 0.483. The molecule has 0 spiro atoms. The quantitative estimate of drug-likeness (QED) is 0.752. The zero-order valence-corrected chi connectivity index (χ0v) is 10.2. The Morgan fingerprint density at radius 1 is 1.29 bits per heavy atom. The van der Waals surface area contributed by atoms with Crippen molar-refractivity contribution in [2.45, 2.75) is 13.5 Å². The summed E-state index contributed by atoms with van der Waals surface area (Å²) in [6.07, 6.45) is 0. The first-order valence-corrected chi connectivity index (χ1v) is 6.26. The molecule has 0 saturated heterocycles. The van der Waals surface area contributed by atoms with Crippen molar-refractivity contribution in [3.05, 3.63) is 40.9 Å². The van der Waals surface area contributed by atoms with Crippen molar-refractivity contribution in [3.63, 3.8) is 0 Å². The molecule has 3 aromatic rings. The summed E-state index contributed by atoms with van der Waals surface area (Å²) in [7, 11) is 0. The fourth-order valence-corrected chi connectivity index (χ4v) is 2.53. The lowest BCUT2D eigenvalue weighted by Gasteiger charge is -1.95. The summed E-state index contributed by atoms with van der Waals surface area (Å²) in [6.45, 7) is 2.55. The van der Waals surface area contributed by atoms with Gasteiger partial charge >= 0.3 is 0 Å². The highest BCUT2D eigenvalue weighted by Crippen LogP contribution is 2.20. The molecule has 5 heteroatoms. The van der Waals surface area contributed by atoms with E-state index in [1.807, 2.05) is 22.0 Å². The number of nitrogens with two attached hydrogens (primary N) is 1. The Morgan fingerprint density at radius 3 is 2.76 bits per heavy atom. The predicted molar refractivity (Wildman–Crippen MR) is 68.9 cm³/mol. The molecule has 0 radical (unpaired) electrons. The molecule has 0 aliphatic carbocycles. The van der Waals surface area contributed by atoms with Crippen LogP contribution in [0.1, 0.15) is 11.3 Å². The summed E-state index contributed by atoms with van der Waals surface area (Å²) >= 11 is 1.57. The van der Waals surface area contributed by atoms with E-state index >= 15 is 0 Å². The van der Waals surface area contributed by atoms with Gasteiger partial charge in [-0.2, -0.15) is 4.98 Å². The van der Waals surface area contributed by atoms with E-state index in [1.165, 1.54) is 5.56 Å². The number of hydrogen-bond donors (Lipinski definition) is 1. The Labute approximate surface area is 103 Å². The van der Waals surface area contributed by atoms with Crippen molar-refractivity contribution in [3.8, 4) is 11.4 Å². The number of nitrogens with zero attached hydrogens (tertiary/aromatic N) is 3. The Morgan fingerprint density at radius 2 is 2.06 bits per heavy atom. The summed E-state index contributed by atoms with van der Waals surface area (Å²) in [5.41, 5.74) is 8.91. The van der Waals surface area contributed by atoms with Crippen LogP contribution in [0.2, 0.25) is 0 Å². The molecule has 0 amide bonds. The summed E-state index contributed by atoms with van der Waals surface area (Å²) in [5, 5.41) is 6.47. The lowest BCUT2D eigenvalue weighted by molar-refractivity contribution is 0.868. The number of fused-ring (bicyclic) bond motifs is 1. The van der Waals surface area contributed by atoms with Crippen molar-refractivity contribution < 1.29 is 0 Å². The van der Waals surface area contributed by atoms with E-state index in [1.54, 1.807) is 11.3 Å². The van der Waals surface area contributed by atoms with E-state index in [0.717, 1.165) is 22.0 Å². The van der Waals surface area contributed by atoms with Gasteiger partial charge in [-0.3, -0.25) is 0 Å². The molecule has 0 atom stereocenters. The molecular weight excluding hydrogens is 232 g/mol. The predicted octanol–water partition coefficient (Wildman–Crippen LogP) is 2.22. The third-order valence-electron chi connectivity index (χ3n) is 2.67. The van der Waals surface area contributed by atoms with E-state index in [9.17, 15) is 0 Å². The monoisotopic (exact) mass is 244 g/mol. The van der Waals surface area contributed by atoms with Crippen LogP contribution in [0, 0.1) is 6.92 Å². The Balaban J connectivity index is 2.11. The van der Waals surface area contributed by atoms with Crippen molar-refractivity contribution in [1.82, 2.24) is 14.6 Å². The van der Waals surface area contributed by atoms with Crippen LogP contribution in [0.4, 0.5) is 0 Å².